The van der Waals surface area contributed by atoms with Gasteiger partial charge in [-0.1, -0.05) is 76.2 Å². The number of hydrogen-bond donors (Lipinski definition) is 0. The summed E-state index contributed by atoms with van der Waals surface area (Å²) < 4.78 is 0. The van der Waals surface area contributed by atoms with E-state index in [-0.39, 0.29) is 10.8 Å². The zero-order valence-corrected chi connectivity index (χ0v) is 15.3. The number of fused-ring (bicyclic) bond motifs is 1. The van der Waals surface area contributed by atoms with Crippen molar-refractivity contribution in [3.63, 3.8) is 0 Å². The Bertz CT molecular complexity index is 851. The first-order valence-electron chi connectivity index (χ1n) is 8.90. The minimum absolute atomic E-state index is 0.144. The molecule has 0 radical (unpaired) electrons. The molecule has 4 heteroatoms. The van der Waals surface area contributed by atoms with Gasteiger partial charge in [0.05, 0.1) is 0 Å². The van der Waals surface area contributed by atoms with Gasteiger partial charge in [0.25, 0.3) is 0 Å². The third-order valence-corrected chi connectivity index (χ3v) is 5.85. The fourth-order valence-electron chi connectivity index (χ4n) is 4.06. The van der Waals surface area contributed by atoms with Crippen LogP contribution in [-0.4, -0.2) is 0 Å². The molecule has 0 bridgehead atoms. The SMILES string of the molecule is CC1(C)CCC(C)(C)c2cc(C3(c4ccccc4)N=NN=N3)ccc21. The number of hydrogen-bond acceptors (Lipinski definition) is 4. The van der Waals surface area contributed by atoms with E-state index in [1.54, 1.807) is 0 Å². The summed E-state index contributed by atoms with van der Waals surface area (Å²) in [4.78, 5) is 0. The average Bonchev–Trinajstić information content (AvgIpc) is 3.11. The third-order valence-electron chi connectivity index (χ3n) is 5.85. The molecule has 2 aromatic carbocycles. The highest BCUT2D eigenvalue weighted by molar-refractivity contribution is 5.48. The molecule has 0 fully saturated rings. The minimum Gasteiger partial charge on any atom is -0.125 e. The van der Waals surface area contributed by atoms with E-state index < -0.39 is 5.66 Å². The molecule has 1 aliphatic heterocycles. The van der Waals surface area contributed by atoms with Gasteiger partial charge in [0.1, 0.15) is 0 Å². The van der Waals surface area contributed by atoms with Gasteiger partial charge in [-0.2, -0.15) is 0 Å². The summed E-state index contributed by atoms with van der Waals surface area (Å²) in [5.41, 5.74) is 4.35. The monoisotopic (exact) mass is 332 g/mol. The summed E-state index contributed by atoms with van der Waals surface area (Å²) in [6.07, 6.45) is 2.38. The summed E-state index contributed by atoms with van der Waals surface area (Å²) in [5.74, 6) is 0. The highest BCUT2D eigenvalue weighted by Gasteiger charge is 2.42. The van der Waals surface area contributed by atoms with Crippen LogP contribution in [0.25, 0.3) is 0 Å². The van der Waals surface area contributed by atoms with Crippen molar-refractivity contribution in [2.75, 3.05) is 0 Å². The zero-order chi connectivity index (χ0) is 17.7. The highest BCUT2D eigenvalue weighted by atomic mass is 15.6. The number of benzene rings is 2. The lowest BCUT2D eigenvalue weighted by Gasteiger charge is -2.42. The molecule has 0 unspecified atom stereocenters. The largest absolute Gasteiger partial charge is 0.245 e. The standard InChI is InChI=1S/C21H24N4/c1-19(2)12-13-20(3,4)18-14-16(10-11-17(18)19)21(22-24-25-23-21)15-8-6-5-7-9-15/h5-11,14H,12-13H2,1-4H3. The Labute approximate surface area is 149 Å². The van der Waals surface area contributed by atoms with Crippen LogP contribution < -0.4 is 0 Å². The molecular formula is C21H24N4. The van der Waals surface area contributed by atoms with E-state index in [2.05, 4.69) is 66.6 Å². The predicted octanol–water partition coefficient (Wildman–Crippen LogP) is 6.07. The van der Waals surface area contributed by atoms with Gasteiger partial charge in [-0.3, -0.25) is 0 Å². The maximum Gasteiger partial charge on any atom is 0.245 e. The molecular weight excluding hydrogens is 308 g/mol. The van der Waals surface area contributed by atoms with Crippen LogP contribution in [0.2, 0.25) is 0 Å². The second-order valence-electron chi connectivity index (χ2n) is 8.45. The van der Waals surface area contributed by atoms with Crippen LogP contribution in [0.15, 0.2) is 69.2 Å². The summed E-state index contributed by atoms with van der Waals surface area (Å²) in [5, 5.41) is 16.6. The van der Waals surface area contributed by atoms with Crippen molar-refractivity contribution in [3.8, 4) is 0 Å². The van der Waals surface area contributed by atoms with Crippen LogP contribution in [0.3, 0.4) is 0 Å². The summed E-state index contributed by atoms with van der Waals surface area (Å²) in [7, 11) is 0. The van der Waals surface area contributed by atoms with Crippen molar-refractivity contribution < 1.29 is 0 Å². The Morgan fingerprint density at radius 2 is 1.28 bits per heavy atom. The van der Waals surface area contributed by atoms with E-state index >= 15 is 0 Å². The molecule has 2 aliphatic rings. The molecule has 128 valence electrons. The molecule has 0 spiro atoms. The molecule has 1 aliphatic carbocycles. The van der Waals surface area contributed by atoms with Gasteiger partial charge in [0, 0.05) is 11.1 Å². The Morgan fingerprint density at radius 1 is 0.680 bits per heavy atom. The molecule has 4 nitrogen and oxygen atoms in total. The van der Waals surface area contributed by atoms with Crippen LogP contribution >= 0.6 is 0 Å². The predicted molar refractivity (Wildman–Crippen MR) is 98.7 cm³/mol. The van der Waals surface area contributed by atoms with E-state index in [1.165, 1.54) is 24.0 Å². The van der Waals surface area contributed by atoms with E-state index in [0.29, 0.717) is 0 Å². The van der Waals surface area contributed by atoms with E-state index in [1.807, 2.05) is 30.3 Å². The zero-order valence-electron chi connectivity index (χ0n) is 15.3. The maximum absolute atomic E-state index is 4.43. The smallest absolute Gasteiger partial charge is 0.125 e. The summed E-state index contributed by atoms with van der Waals surface area (Å²) >= 11 is 0. The lowest BCUT2D eigenvalue weighted by atomic mass is 9.62. The van der Waals surface area contributed by atoms with Gasteiger partial charge in [-0.15, -0.1) is 10.2 Å². The van der Waals surface area contributed by atoms with Crippen molar-refractivity contribution in [2.45, 2.75) is 57.0 Å². The van der Waals surface area contributed by atoms with E-state index in [4.69, 9.17) is 0 Å². The van der Waals surface area contributed by atoms with Crippen LogP contribution in [0.1, 0.15) is 62.8 Å². The van der Waals surface area contributed by atoms with Gasteiger partial charge < -0.3 is 0 Å². The fourth-order valence-corrected chi connectivity index (χ4v) is 4.06. The van der Waals surface area contributed by atoms with Gasteiger partial charge >= 0.3 is 0 Å². The fraction of sp³-hybridized carbons (Fsp3) is 0.429. The van der Waals surface area contributed by atoms with Gasteiger partial charge in [0.15, 0.2) is 0 Å². The molecule has 2 aromatic rings. The topological polar surface area (TPSA) is 49.4 Å². The van der Waals surface area contributed by atoms with Crippen LogP contribution in [0.5, 0.6) is 0 Å². The lowest BCUT2D eigenvalue weighted by molar-refractivity contribution is 0.331. The number of nitrogens with zero attached hydrogens (tertiary/aromatic N) is 4. The lowest BCUT2D eigenvalue weighted by Crippen LogP contribution is -2.34. The Hall–Kier alpha value is -2.36. The second-order valence-corrected chi connectivity index (χ2v) is 8.45. The molecule has 4 rings (SSSR count). The molecule has 25 heavy (non-hydrogen) atoms. The Morgan fingerprint density at radius 3 is 1.92 bits per heavy atom. The van der Waals surface area contributed by atoms with Crippen molar-refractivity contribution in [3.05, 3.63) is 70.8 Å². The molecule has 0 saturated carbocycles. The average molecular weight is 332 g/mol. The van der Waals surface area contributed by atoms with Gasteiger partial charge in [-0.05, 0) is 45.2 Å². The molecule has 0 aromatic heterocycles. The van der Waals surface area contributed by atoms with Crippen molar-refractivity contribution in [2.24, 2.45) is 20.7 Å². The second kappa shape index (κ2) is 5.32. The van der Waals surface area contributed by atoms with Crippen LogP contribution in [-0.2, 0) is 16.5 Å². The first-order valence-corrected chi connectivity index (χ1v) is 8.90. The minimum atomic E-state index is -0.853. The Balaban J connectivity index is 1.92. The quantitative estimate of drug-likeness (QED) is 0.641. The Kier molecular flexibility index (Phi) is 3.43. The summed E-state index contributed by atoms with van der Waals surface area (Å²) in [6.45, 7) is 9.33. The molecule has 1 heterocycles. The van der Waals surface area contributed by atoms with E-state index in [0.717, 1.165) is 11.1 Å². The molecule has 0 saturated heterocycles. The third kappa shape index (κ3) is 2.43. The van der Waals surface area contributed by atoms with Gasteiger partial charge in [0.2, 0.25) is 5.66 Å². The normalized spacial score (nSPS) is 21.9. The maximum atomic E-state index is 4.43. The van der Waals surface area contributed by atoms with Crippen LogP contribution in [0, 0.1) is 0 Å². The van der Waals surface area contributed by atoms with Gasteiger partial charge in [-0.25, -0.2) is 0 Å². The molecule has 0 atom stereocenters. The van der Waals surface area contributed by atoms with Crippen molar-refractivity contribution in [1.82, 2.24) is 0 Å². The van der Waals surface area contributed by atoms with Crippen molar-refractivity contribution >= 4 is 0 Å². The summed E-state index contributed by atoms with van der Waals surface area (Å²) in [6, 6.07) is 16.8. The molecule has 0 N–H and O–H groups in total. The van der Waals surface area contributed by atoms with E-state index in [9.17, 15) is 0 Å². The number of rotatable bonds is 2. The van der Waals surface area contributed by atoms with Crippen LogP contribution in [0.4, 0.5) is 0 Å². The molecule has 0 amide bonds. The first kappa shape index (κ1) is 16.1. The first-order chi connectivity index (χ1) is 11.9. The highest BCUT2D eigenvalue weighted by Crippen LogP contribution is 2.48. The van der Waals surface area contributed by atoms with Crippen molar-refractivity contribution in [1.29, 1.82) is 0 Å².